The van der Waals surface area contributed by atoms with Crippen LogP contribution < -0.4 is 5.32 Å². The molecule has 0 atom stereocenters. The highest BCUT2D eigenvalue weighted by atomic mass is 16.2. The predicted octanol–water partition coefficient (Wildman–Crippen LogP) is 1.32. The quantitative estimate of drug-likeness (QED) is 0.703. The van der Waals surface area contributed by atoms with Crippen LogP contribution in [0.5, 0.6) is 0 Å². The summed E-state index contributed by atoms with van der Waals surface area (Å²) in [5.74, 6) is 0. The Bertz CT molecular complexity index is 295. The number of hydrogen-bond acceptors (Lipinski definition) is 2. The van der Waals surface area contributed by atoms with E-state index >= 15 is 0 Å². The average molecular weight is 177 g/mol. The predicted molar refractivity (Wildman–Crippen MR) is 49.4 cm³/mol. The average Bonchev–Trinajstić information content (AvgIpc) is 2.02. The van der Waals surface area contributed by atoms with Crippen molar-refractivity contribution in [3.8, 4) is 0 Å². The third-order valence-electron chi connectivity index (χ3n) is 2.06. The van der Waals surface area contributed by atoms with Crippen molar-refractivity contribution in [1.82, 2.24) is 9.88 Å². The normalized spacial score (nSPS) is 14.9. The van der Waals surface area contributed by atoms with E-state index in [4.69, 9.17) is 0 Å². The monoisotopic (exact) mass is 177 g/mol. The number of rotatable bonds is 1. The highest BCUT2D eigenvalue weighted by Crippen LogP contribution is 2.09. The Balaban J connectivity index is 1.94. The zero-order chi connectivity index (χ0) is 9.10. The second-order valence-electron chi connectivity index (χ2n) is 3.01. The van der Waals surface area contributed by atoms with E-state index in [1.165, 1.54) is 0 Å². The molecule has 2 amide bonds. The third-order valence-corrected chi connectivity index (χ3v) is 2.06. The maximum atomic E-state index is 11.4. The lowest BCUT2D eigenvalue weighted by molar-refractivity contribution is 0.181. The molecule has 1 aromatic rings. The number of carbonyl (C=O) groups excluding carboxylic acids is 1. The highest BCUT2D eigenvalue weighted by molar-refractivity contribution is 5.89. The van der Waals surface area contributed by atoms with Crippen LogP contribution in [0.25, 0.3) is 0 Å². The number of carbonyl (C=O) groups is 1. The molecule has 1 fully saturated rings. The van der Waals surface area contributed by atoms with Gasteiger partial charge in [0, 0.05) is 19.3 Å². The number of aromatic nitrogens is 1. The number of amides is 2. The van der Waals surface area contributed by atoms with Crippen LogP contribution in [0.15, 0.2) is 24.5 Å². The molecule has 1 aliphatic rings. The number of urea groups is 1. The first-order chi connectivity index (χ1) is 6.36. The zero-order valence-electron chi connectivity index (χ0n) is 7.23. The van der Waals surface area contributed by atoms with Crippen molar-refractivity contribution in [3.63, 3.8) is 0 Å². The number of hydrogen-bond donors (Lipinski definition) is 1. The molecule has 2 heterocycles. The number of anilines is 1. The van der Waals surface area contributed by atoms with E-state index in [0.29, 0.717) is 0 Å². The van der Waals surface area contributed by atoms with Crippen molar-refractivity contribution in [2.24, 2.45) is 0 Å². The fraction of sp³-hybridized carbons (Fsp3) is 0.333. The molecule has 1 aromatic heterocycles. The minimum Gasteiger partial charge on any atom is -0.324 e. The van der Waals surface area contributed by atoms with Crippen LogP contribution in [0.4, 0.5) is 10.5 Å². The Morgan fingerprint density at radius 3 is 2.92 bits per heavy atom. The molecule has 0 saturated carbocycles. The molecule has 0 aromatic carbocycles. The van der Waals surface area contributed by atoms with Gasteiger partial charge in [0.1, 0.15) is 0 Å². The number of pyridine rings is 1. The lowest BCUT2D eigenvalue weighted by Crippen LogP contribution is -2.44. The summed E-state index contributed by atoms with van der Waals surface area (Å²) >= 11 is 0. The first kappa shape index (κ1) is 8.04. The molecule has 0 aliphatic carbocycles. The molecule has 4 nitrogen and oxygen atoms in total. The minimum atomic E-state index is -0.0285. The number of nitrogens with zero attached hydrogens (tertiary/aromatic N) is 2. The van der Waals surface area contributed by atoms with Gasteiger partial charge in [-0.1, -0.05) is 0 Å². The summed E-state index contributed by atoms with van der Waals surface area (Å²) in [7, 11) is 0. The van der Waals surface area contributed by atoms with E-state index in [1.807, 2.05) is 6.07 Å². The van der Waals surface area contributed by atoms with Gasteiger partial charge in [-0.15, -0.1) is 0 Å². The molecule has 68 valence electrons. The number of nitrogens with one attached hydrogen (secondary N) is 1. The SMILES string of the molecule is O=C(Nc1cccnc1)N1CCC1. The molecule has 1 saturated heterocycles. The molecule has 0 radical (unpaired) electrons. The minimum absolute atomic E-state index is 0.0285. The standard InChI is InChI=1S/C9H11N3O/c13-9(12-5-2-6-12)11-8-3-1-4-10-7-8/h1,3-4,7H,2,5-6H2,(H,11,13). The van der Waals surface area contributed by atoms with Crippen molar-refractivity contribution in [2.45, 2.75) is 6.42 Å². The smallest absolute Gasteiger partial charge is 0.321 e. The van der Waals surface area contributed by atoms with Gasteiger partial charge in [-0.3, -0.25) is 4.98 Å². The van der Waals surface area contributed by atoms with Gasteiger partial charge in [0.05, 0.1) is 11.9 Å². The van der Waals surface area contributed by atoms with Gasteiger partial charge < -0.3 is 10.2 Å². The van der Waals surface area contributed by atoms with Crippen molar-refractivity contribution >= 4 is 11.7 Å². The molecule has 0 spiro atoms. The molecule has 2 rings (SSSR count). The van der Waals surface area contributed by atoms with Crippen molar-refractivity contribution in [3.05, 3.63) is 24.5 Å². The van der Waals surface area contributed by atoms with E-state index in [9.17, 15) is 4.79 Å². The van der Waals surface area contributed by atoms with E-state index in [2.05, 4.69) is 10.3 Å². The fourth-order valence-electron chi connectivity index (χ4n) is 1.16. The Morgan fingerprint density at radius 2 is 2.38 bits per heavy atom. The number of likely N-dealkylation sites (tertiary alicyclic amines) is 1. The molecule has 4 heteroatoms. The van der Waals surface area contributed by atoms with Crippen LogP contribution in [0.3, 0.4) is 0 Å². The van der Waals surface area contributed by atoms with Crippen LogP contribution in [0.1, 0.15) is 6.42 Å². The van der Waals surface area contributed by atoms with Gasteiger partial charge in [-0.2, -0.15) is 0 Å². The summed E-state index contributed by atoms with van der Waals surface area (Å²) < 4.78 is 0. The van der Waals surface area contributed by atoms with Gasteiger partial charge in [0.25, 0.3) is 0 Å². The first-order valence-corrected chi connectivity index (χ1v) is 4.32. The maximum Gasteiger partial charge on any atom is 0.321 e. The molecule has 1 aliphatic heterocycles. The summed E-state index contributed by atoms with van der Waals surface area (Å²) in [6, 6.07) is 3.59. The lowest BCUT2D eigenvalue weighted by atomic mass is 10.2. The molecule has 1 N–H and O–H groups in total. The lowest BCUT2D eigenvalue weighted by Gasteiger charge is -2.30. The largest absolute Gasteiger partial charge is 0.324 e. The summed E-state index contributed by atoms with van der Waals surface area (Å²) in [4.78, 5) is 17.1. The van der Waals surface area contributed by atoms with Gasteiger partial charge >= 0.3 is 6.03 Å². The molecule has 13 heavy (non-hydrogen) atoms. The Morgan fingerprint density at radius 1 is 1.54 bits per heavy atom. The molecular weight excluding hydrogens is 166 g/mol. The second kappa shape index (κ2) is 3.43. The molecule has 0 bridgehead atoms. The van der Waals surface area contributed by atoms with Crippen molar-refractivity contribution < 1.29 is 4.79 Å². The van der Waals surface area contributed by atoms with E-state index in [-0.39, 0.29) is 6.03 Å². The summed E-state index contributed by atoms with van der Waals surface area (Å²) in [6.07, 6.45) is 4.43. The maximum absolute atomic E-state index is 11.4. The summed E-state index contributed by atoms with van der Waals surface area (Å²) in [5.41, 5.74) is 0.749. The molecular formula is C9H11N3O. The third kappa shape index (κ3) is 1.77. The van der Waals surface area contributed by atoms with Gasteiger partial charge in [-0.25, -0.2) is 4.79 Å². The molecule has 0 unspecified atom stereocenters. The van der Waals surface area contributed by atoms with E-state index < -0.39 is 0 Å². The van der Waals surface area contributed by atoms with Crippen molar-refractivity contribution in [2.75, 3.05) is 18.4 Å². The summed E-state index contributed by atoms with van der Waals surface area (Å²) in [6.45, 7) is 1.73. The van der Waals surface area contributed by atoms with Crippen LogP contribution in [-0.4, -0.2) is 29.0 Å². The fourth-order valence-corrected chi connectivity index (χ4v) is 1.16. The van der Waals surface area contributed by atoms with Crippen LogP contribution in [0.2, 0.25) is 0 Å². The van der Waals surface area contributed by atoms with Crippen LogP contribution in [-0.2, 0) is 0 Å². The zero-order valence-corrected chi connectivity index (χ0v) is 7.23. The van der Waals surface area contributed by atoms with E-state index in [0.717, 1.165) is 25.2 Å². The Hall–Kier alpha value is -1.58. The van der Waals surface area contributed by atoms with Crippen LogP contribution >= 0.6 is 0 Å². The van der Waals surface area contributed by atoms with E-state index in [1.54, 1.807) is 23.4 Å². The highest BCUT2D eigenvalue weighted by Gasteiger charge is 2.19. The second-order valence-corrected chi connectivity index (χ2v) is 3.01. The van der Waals surface area contributed by atoms with Gasteiger partial charge in [0.15, 0.2) is 0 Å². The first-order valence-electron chi connectivity index (χ1n) is 4.32. The Labute approximate surface area is 76.6 Å². The Kier molecular flexibility index (Phi) is 2.12. The summed E-state index contributed by atoms with van der Waals surface area (Å²) in [5, 5.41) is 2.77. The topological polar surface area (TPSA) is 45.2 Å². The van der Waals surface area contributed by atoms with Crippen molar-refractivity contribution in [1.29, 1.82) is 0 Å². The van der Waals surface area contributed by atoms with Gasteiger partial charge in [-0.05, 0) is 18.6 Å². The van der Waals surface area contributed by atoms with Crippen LogP contribution in [0, 0.1) is 0 Å². The van der Waals surface area contributed by atoms with Gasteiger partial charge in [0.2, 0.25) is 0 Å².